The van der Waals surface area contributed by atoms with Crippen LogP contribution >= 0.6 is 12.4 Å². The van der Waals surface area contributed by atoms with Gasteiger partial charge in [-0.15, -0.1) is 12.4 Å². The van der Waals surface area contributed by atoms with Gasteiger partial charge in [-0.05, 0) is 0 Å². The van der Waals surface area contributed by atoms with Crippen LogP contribution in [0.5, 0.6) is 0 Å². The highest BCUT2D eigenvalue weighted by Gasteiger charge is 2.26. The molecule has 0 saturated carbocycles. The number of aliphatic hydroxyl groups is 1. The summed E-state index contributed by atoms with van der Waals surface area (Å²) in [6.07, 6.45) is -1.82. The molecule has 0 aliphatic rings. The van der Waals surface area contributed by atoms with Gasteiger partial charge in [0.25, 0.3) is 0 Å². The second-order valence-electron chi connectivity index (χ2n) is 1.71. The molecule has 0 unspecified atom stereocenters. The van der Waals surface area contributed by atoms with E-state index in [1.165, 1.54) is 0 Å². The Morgan fingerprint density at radius 1 is 1.36 bits per heavy atom. The molecule has 11 heavy (non-hydrogen) atoms. The van der Waals surface area contributed by atoms with E-state index < -0.39 is 24.0 Å². The molecule has 2 atom stereocenters. The van der Waals surface area contributed by atoms with Gasteiger partial charge in [0.05, 0.1) is 0 Å². The Balaban J connectivity index is 0. The molecule has 0 aliphatic carbocycles. The zero-order valence-electron chi connectivity index (χ0n) is 5.43. The van der Waals surface area contributed by atoms with E-state index in [0.29, 0.717) is 0 Å². The maximum absolute atomic E-state index is 10.1. The average molecular weight is 185 g/mol. The van der Waals surface area contributed by atoms with Gasteiger partial charge in [-0.2, -0.15) is 0 Å². The number of aliphatic hydroxyl groups excluding tert-OH is 1. The average Bonchev–Trinajstić information content (AvgIpc) is 1.84. The second-order valence-corrected chi connectivity index (χ2v) is 1.71. The molecule has 6 nitrogen and oxygen atoms in total. The van der Waals surface area contributed by atoms with E-state index in [9.17, 15) is 9.59 Å². The number of carbonyl (C=O) groups is 2. The van der Waals surface area contributed by atoms with Crippen LogP contribution in [0.2, 0.25) is 0 Å². The molecule has 66 valence electrons. The van der Waals surface area contributed by atoms with E-state index in [1.807, 2.05) is 0 Å². The molecule has 6 N–H and O–H groups in total. The second kappa shape index (κ2) is 4.89. The van der Waals surface area contributed by atoms with Gasteiger partial charge < -0.3 is 21.7 Å². The summed E-state index contributed by atoms with van der Waals surface area (Å²) < 4.78 is 0. The number of carboxylic acids is 1. The van der Waals surface area contributed by atoms with E-state index in [0.717, 1.165) is 0 Å². The Labute approximate surface area is 68.6 Å². The first-order valence-corrected chi connectivity index (χ1v) is 2.42. The first kappa shape index (κ1) is 12.8. The molecule has 7 heteroatoms. The predicted molar refractivity (Wildman–Crippen MR) is 38.1 cm³/mol. The van der Waals surface area contributed by atoms with Gasteiger partial charge in [0, 0.05) is 0 Å². The molecule has 0 aromatic rings. The van der Waals surface area contributed by atoms with Gasteiger partial charge in [0.15, 0.2) is 6.10 Å². The normalized spacial score (nSPS) is 14.4. The number of carbonyl (C=O) groups excluding carboxylic acids is 1. The third kappa shape index (κ3) is 3.76. The van der Waals surface area contributed by atoms with Crippen molar-refractivity contribution in [1.29, 1.82) is 0 Å². The topological polar surface area (TPSA) is 127 Å². The third-order valence-corrected chi connectivity index (χ3v) is 0.917. The Kier molecular flexibility index (Phi) is 5.69. The summed E-state index contributed by atoms with van der Waals surface area (Å²) in [5.41, 5.74) is 9.35. The summed E-state index contributed by atoms with van der Waals surface area (Å²) in [6, 6.07) is -1.64. The molecular formula is C4H9ClN2O4. The van der Waals surface area contributed by atoms with Gasteiger partial charge in [-0.25, -0.2) is 0 Å². The summed E-state index contributed by atoms with van der Waals surface area (Å²) >= 11 is 0. The minimum Gasteiger partial charge on any atom is -0.480 e. The molecule has 0 saturated heterocycles. The van der Waals surface area contributed by atoms with E-state index >= 15 is 0 Å². The van der Waals surface area contributed by atoms with Crippen LogP contribution in [-0.4, -0.2) is 34.2 Å². The van der Waals surface area contributed by atoms with Crippen LogP contribution in [-0.2, 0) is 9.59 Å². The van der Waals surface area contributed by atoms with Crippen molar-refractivity contribution in [3.05, 3.63) is 0 Å². The molecule has 0 aliphatic heterocycles. The summed E-state index contributed by atoms with van der Waals surface area (Å²) in [6.45, 7) is 0. The summed E-state index contributed by atoms with van der Waals surface area (Å²) in [5, 5.41) is 16.7. The number of aliphatic carboxylic acids is 1. The van der Waals surface area contributed by atoms with Crippen molar-refractivity contribution in [1.82, 2.24) is 0 Å². The highest BCUT2D eigenvalue weighted by Crippen LogP contribution is 1.87. The van der Waals surface area contributed by atoms with Crippen molar-refractivity contribution in [2.75, 3.05) is 0 Å². The first-order valence-electron chi connectivity index (χ1n) is 2.42. The Morgan fingerprint density at radius 3 is 1.82 bits per heavy atom. The fraction of sp³-hybridized carbons (Fsp3) is 0.500. The van der Waals surface area contributed by atoms with Crippen molar-refractivity contribution in [3.8, 4) is 0 Å². The molecular weight excluding hydrogens is 176 g/mol. The summed E-state index contributed by atoms with van der Waals surface area (Å²) in [7, 11) is 0. The molecule has 0 aromatic carbocycles. The van der Waals surface area contributed by atoms with Crippen LogP contribution in [0.3, 0.4) is 0 Å². The van der Waals surface area contributed by atoms with Gasteiger partial charge >= 0.3 is 5.97 Å². The van der Waals surface area contributed by atoms with Gasteiger partial charge in [0.2, 0.25) is 5.91 Å². The summed E-state index contributed by atoms with van der Waals surface area (Å²) in [5.74, 6) is -2.61. The fourth-order valence-corrected chi connectivity index (χ4v) is 0.312. The van der Waals surface area contributed by atoms with E-state index in [-0.39, 0.29) is 12.4 Å². The third-order valence-electron chi connectivity index (χ3n) is 0.917. The van der Waals surface area contributed by atoms with E-state index in [4.69, 9.17) is 15.9 Å². The lowest BCUT2D eigenvalue weighted by molar-refractivity contribution is -0.145. The number of halogens is 1. The number of primary amides is 1. The SMILES string of the molecule is Cl.NC(=O)[C@@H](O)[C@H](N)C(=O)O. The van der Waals surface area contributed by atoms with Crippen molar-refractivity contribution in [2.45, 2.75) is 12.1 Å². The Hall–Kier alpha value is -0.850. The number of hydrogen-bond donors (Lipinski definition) is 4. The molecule has 0 spiro atoms. The van der Waals surface area contributed by atoms with Gasteiger partial charge in [0.1, 0.15) is 6.04 Å². The van der Waals surface area contributed by atoms with Crippen LogP contribution in [0, 0.1) is 0 Å². The largest absolute Gasteiger partial charge is 0.480 e. The van der Waals surface area contributed by atoms with Gasteiger partial charge in [-0.1, -0.05) is 0 Å². The molecule has 0 radical (unpaired) electrons. The minimum absolute atomic E-state index is 0. The fourth-order valence-electron chi connectivity index (χ4n) is 0.312. The van der Waals surface area contributed by atoms with Crippen molar-refractivity contribution in [3.63, 3.8) is 0 Å². The zero-order chi connectivity index (χ0) is 8.31. The molecule has 0 bridgehead atoms. The highest BCUT2D eigenvalue weighted by atomic mass is 35.5. The maximum atomic E-state index is 10.1. The van der Waals surface area contributed by atoms with Crippen molar-refractivity contribution >= 4 is 24.3 Å². The lowest BCUT2D eigenvalue weighted by Gasteiger charge is -2.09. The van der Waals surface area contributed by atoms with Crippen molar-refractivity contribution < 1.29 is 19.8 Å². The first-order chi connectivity index (χ1) is 4.46. The predicted octanol–water partition coefficient (Wildman–Crippen LogP) is -2.33. The lowest BCUT2D eigenvalue weighted by Crippen LogP contribution is -2.48. The maximum Gasteiger partial charge on any atom is 0.323 e. The van der Waals surface area contributed by atoms with E-state index in [2.05, 4.69) is 5.73 Å². The number of amides is 1. The molecule has 0 rings (SSSR count). The molecule has 0 aromatic heterocycles. The van der Waals surface area contributed by atoms with Crippen LogP contribution < -0.4 is 11.5 Å². The monoisotopic (exact) mass is 184 g/mol. The van der Waals surface area contributed by atoms with Crippen LogP contribution in [0.4, 0.5) is 0 Å². The summed E-state index contributed by atoms with van der Waals surface area (Å²) in [4.78, 5) is 20.0. The Bertz CT molecular complexity index is 144. The van der Waals surface area contributed by atoms with Crippen LogP contribution in [0.25, 0.3) is 0 Å². The molecule has 0 heterocycles. The lowest BCUT2D eigenvalue weighted by atomic mass is 10.2. The number of hydrogen-bond acceptors (Lipinski definition) is 4. The zero-order valence-corrected chi connectivity index (χ0v) is 6.25. The van der Waals surface area contributed by atoms with Crippen molar-refractivity contribution in [2.24, 2.45) is 11.5 Å². The van der Waals surface area contributed by atoms with Crippen LogP contribution in [0.1, 0.15) is 0 Å². The minimum atomic E-state index is -1.82. The highest BCUT2D eigenvalue weighted by molar-refractivity contribution is 5.87. The Morgan fingerprint density at radius 2 is 1.73 bits per heavy atom. The molecule has 1 amide bonds. The number of nitrogens with two attached hydrogens (primary N) is 2. The molecule has 0 fully saturated rings. The number of rotatable bonds is 3. The smallest absolute Gasteiger partial charge is 0.323 e. The quantitative estimate of drug-likeness (QED) is 0.391. The van der Waals surface area contributed by atoms with Gasteiger partial charge in [-0.3, -0.25) is 9.59 Å². The van der Waals surface area contributed by atoms with Crippen LogP contribution in [0.15, 0.2) is 0 Å². The standard InChI is InChI=1S/C4H8N2O4.ClH/c5-1(4(9)10)2(7)3(6)8;/h1-2,7H,5H2,(H2,6,8)(H,9,10);1H/t1-,2-;/m0./s1. The van der Waals surface area contributed by atoms with E-state index in [1.54, 1.807) is 0 Å². The number of carboxylic acid groups (broad SMARTS) is 1.